The van der Waals surface area contributed by atoms with Crippen LogP contribution in [0.15, 0.2) is 23.1 Å². The van der Waals surface area contributed by atoms with Gasteiger partial charge in [-0.1, -0.05) is 13.3 Å². The molecule has 1 aromatic rings. The molecule has 0 heterocycles. The Hall–Kier alpha value is -1.67. The average Bonchev–Trinajstić information content (AvgIpc) is 2.43. The number of hydrogen-bond acceptors (Lipinski definition) is 4. The largest absolute Gasteiger partial charge is 0.494 e. The first-order valence-electron chi connectivity index (χ1n) is 6.35. The van der Waals surface area contributed by atoms with Crippen LogP contribution < -0.4 is 9.46 Å². The highest BCUT2D eigenvalue weighted by molar-refractivity contribution is 7.89. The normalized spacial score (nSPS) is 12.9. The molecule has 0 aliphatic rings. The van der Waals surface area contributed by atoms with Gasteiger partial charge in [-0.2, -0.15) is 0 Å². The molecule has 118 valence electrons. The second-order valence-electron chi connectivity index (χ2n) is 4.52. The van der Waals surface area contributed by atoms with Crippen LogP contribution >= 0.6 is 0 Å². The van der Waals surface area contributed by atoms with E-state index in [-0.39, 0.29) is 29.5 Å². The quantitative estimate of drug-likeness (QED) is 0.759. The SMILES string of the molecule is CCC(CNS(=O)(=O)c1ccc(OC)c(F)c1)CC(=O)O. The van der Waals surface area contributed by atoms with Crippen molar-refractivity contribution in [2.45, 2.75) is 24.7 Å². The highest BCUT2D eigenvalue weighted by atomic mass is 32.2. The molecule has 1 aromatic carbocycles. The number of carboxylic acids is 1. The average molecular weight is 319 g/mol. The Morgan fingerprint density at radius 2 is 2.14 bits per heavy atom. The zero-order chi connectivity index (χ0) is 16.0. The monoisotopic (exact) mass is 319 g/mol. The fourth-order valence-corrected chi connectivity index (χ4v) is 2.86. The molecule has 1 atom stereocenters. The molecular formula is C13H18FNO5S. The van der Waals surface area contributed by atoms with Crippen LogP contribution in [-0.2, 0) is 14.8 Å². The fourth-order valence-electron chi connectivity index (χ4n) is 1.73. The summed E-state index contributed by atoms with van der Waals surface area (Å²) in [5, 5.41) is 8.71. The third kappa shape index (κ3) is 4.98. The number of carboxylic acid groups (broad SMARTS) is 1. The molecule has 0 aliphatic carbocycles. The van der Waals surface area contributed by atoms with E-state index >= 15 is 0 Å². The van der Waals surface area contributed by atoms with Crippen molar-refractivity contribution in [3.63, 3.8) is 0 Å². The van der Waals surface area contributed by atoms with E-state index in [1.54, 1.807) is 6.92 Å². The Kier molecular flexibility index (Phi) is 6.10. The number of halogens is 1. The van der Waals surface area contributed by atoms with Gasteiger partial charge in [0, 0.05) is 13.0 Å². The molecule has 21 heavy (non-hydrogen) atoms. The minimum absolute atomic E-state index is 0.0151. The van der Waals surface area contributed by atoms with E-state index in [1.807, 2.05) is 0 Å². The maximum Gasteiger partial charge on any atom is 0.303 e. The van der Waals surface area contributed by atoms with E-state index in [4.69, 9.17) is 9.84 Å². The Bertz CT molecular complexity index is 603. The first-order chi connectivity index (χ1) is 9.80. The van der Waals surface area contributed by atoms with E-state index in [0.717, 1.165) is 6.07 Å². The van der Waals surface area contributed by atoms with Gasteiger partial charge < -0.3 is 9.84 Å². The Morgan fingerprint density at radius 3 is 2.62 bits per heavy atom. The van der Waals surface area contributed by atoms with Crippen LogP contribution in [-0.4, -0.2) is 33.1 Å². The molecular weight excluding hydrogens is 301 g/mol. The summed E-state index contributed by atoms with van der Waals surface area (Å²) < 4.78 is 44.6. The number of ether oxygens (including phenoxy) is 1. The van der Waals surface area contributed by atoms with Crippen LogP contribution in [0.5, 0.6) is 5.75 Å². The summed E-state index contributed by atoms with van der Waals surface area (Å²) in [6, 6.07) is 3.31. The van der Waals surface area contributed by atoms with Gasteiger partial charge in [0.1, 0.15) is 0 Å². The summed E-state index contributed by atoms with van der Waals surface area (Å²) in [5.41, 5.74) is 0. The van der Waals surface area contributed by atoms with Gasteiger partial charge in [-0.05, 0) is 24.1 Å². The molecule has 0 bridgehead atoms. The van der Waals surface area contributed by atoms with Gasteiger partial charge in [0.2, 0.25) is 10.0 Å². The fraction of sp³-hybridized carbons (Fsp3) is 0.462. The molecule has 0 aliphatic heterocycles. The lowest BCUT2D eigenvalue weighted by atomic mass is 10.0. The Balaban J connectivity index is 2.81. The van der Waals surface area contributed by atoms with Crippen LogP contribution in [0.25, 0.3) is 0 Å². The summed E-state index contributed by atoms with van der Waals surface area (Å²) in [7, 11) is -2.61. The molecule has 0 saturated heterocycles. The van der Waals surface area contributed by atoms with Crippen LogP contribution in [0.1, 0.15) is 19.8 Å². The lowest BCUT2D eigenvalue weighted by molar-refractivity contribution is -0.138. The smallest absolute Gasteiger partial charge is 0.303 e. The number of carbonyl (C=O) groups is 1. The predicted molar refractivity (Wildman–Crippen MR) is 74.2 cm³/mol. The van der Waals surface area contributed by atoms with Crippen molar-refractivity contribution >= 4 is 16.0 Å². The number of nitrogens with one attached hydrogen (secondary N) is 1. The molecule has 0 radical (unpaired) electrons. The lowest BCUT2D eigenvalue weighted by Gasteiger charge is -2.14. The van der Waals surface area contributed by atoms with Crippen LogP contribution in [0.2, 0.25) is 0 Å². The molecule has 0 fully saturated rings. The van der Waals surface area contributed by atoms with Crippen molar-refractivity contribution in [2.24, 2.45) is 5.92 Å². The van der Waals surface area contributed by atoms with Crippen molar-refractivity contribution in [2.75, 3.05) is 13.7 Å². The number of benzene rings is 1. The standard InChI is InChI=1S/C13H18FNO5S/c1-3-9(6-13(16)17)8-15-21(18,19)10-4-5-12(20-2)11(14)7-10/h4-5,7,9,15H,3,6,8H2,1-2H3,(H,16,17). The van der Waals surface area contributed by atoms with Crippen molar-refractivity contribution in [3.05, 3.63) is 24.0 Å². The minimum atomic E-state index is -3.89. The van der Waals surface area contributed by atoms with Crippen LogP contribution in [0.4, 0.5) is 4.39 Å². The van der Waals surface area contributed by atoms with Crippen molar-refractivity contribution in [3.8, 4) is 5.75 Å². The van der Waals surface area contributed by atoms with Gasteiger partial charge in [0.05, 0.1) is 12.0 Å². The zero-order valence-electron chi connectivity index (χ0n) is 11.8. The van der Waals surface area contributed by atoms with Crippen LogP contribution in [0, 0.1) is 11.7 Å². The molecule has 8 heteroatoms. The third-order valence-corrected chi connectivity index (χ3v) is 4.46. The van der Waals surface area contributed by atoms with Crippen molar-refractivity contribution < 1.29 is 27.4 Å². The minimum Gasteiger partial charge on any atom is -0.494 e. The van der Waals surface area contributed by atoms with Crippen molar-refractivity contribution in [1.82, 2.24) is 4.72 Å². The second kappa shape index (κ2) is 7.37. The predicted octanol–water partition coefficient (Wildman–Crippen LogP) is 1.61. The van der Waals surface area contributed by atoms with E-state index in [0.29, 0.717) is 6.42 Å². The maximum atomic E-state index is 13.5. The molecule has 1 rings (SSSR count). The topological polar surface area (TPSA) is 92.7 Å². The summed E-state index contributed by atoms with van der Waals surface area (Å²) >= 11 is 0. The number of sulfonamides is 1. The Morgan fingerprint density at radius 1 is 1.48 bits per heavy atom. The number of methoxy groups -OCH3 is 1. The third-order valence-electron chi connectivity index (χ3n) is 3.04. The molecule has 0 amide bonds. The highest BCUT2D eigenvalue weighted by Gasteiger charge is 2.19. The molecule has 0 saturated carbocycles. The maximum absolute atomic E-state index is 13.5. The number of aliphatic carboxylic acids is 1. The summed E-state index contributed by atoms with van der Waals surface area (Å²) in [4.78, 5) is 10.4. The van der Waals surface area contributed by atoms with Gasteiger partial charge >= 0.3 is 5.97 Å². The van der Waals surface area contributed by atoms with Gasteiger partial charge in [0.25, 0.3) is 0 Å². The van der Waals surface area contributed by atoms with Gasteiger partial charge in [-0.3, -0.25) is 4.79 Å². The van der Waals surface area contributed by atoms with E-state index in [1.165, 1.54) is 19.2 Å². The van der Waals surface area contributed by atoms with Crippen LogP contribution in [0.3, 0.4) is 0 Å². The molecule has 0 aromatic heterocycles. The molecule has 6 nitrogen and oxygen atoms in total. The first-order valence-corrected chi connectivity index (χ1v) is 7.83. The lowest BCUT2D eigenvalue weighted by Crippen LogP contribution is -2.30. The first kappa shape index (κ1) is 17.4. The summed E-state index contributed by atoms with van der Waals surface area (Å²) in [6.07, 6.45) is 0.391. The van der Waals surface area contributed by atoms with E-state index in [9.17, 15) is 17.6 Å². The summed E-state index contributed by atoms with van der Waals surface area (Å²) in [5.74, 6) is -2.14. The molecule has 0 spiro atoms. The molecule has 2 N–H and O–H groups in total. The van der Waals surface area contributed by atoms with Gasteiger partial charge in [-0.15, -0.1) is 0 Å². The number of rotatable bonds is 8. The number of hydrogen-bond donors (Lipinski definition) is 2. The highest BCUT2D eigenvalue weighted by Crippen LogP contribution is 2.20. The summed E-state index contributed by atoms with van der Waals surface area (Å²) in [6.45, 7) is 1.76. The Labute approximate surface area is 123 Å². The van der Waals surface area contributed by atoms with Gasteiger partial charge in [0.15, 0.2) is 11.6 Å². The van der Waals surface area contributed by atoms with E-state index < -0.39 is 21.8 Å². The second-order valence-corrected chi connectivity index (χ2v) is 6.29. The van der Waals surface area contributed by atoms with Crippen molar-refractivity contribution in [1.29, 1.82) is 0 Å². The molecule has 1 unspecified atom stereocenters. The van der Waals surface area contributed by atoms with Gasteiger partial charge in [-0.25, -0.2) is 17.5 Å². The zero-order valence-corrected chi connectivity index (χ0v) is 12.6. The van der Waals surface area contributed by atoms with E-state index in [2.05, 4.69) is 4.72 Å².